The summed E-state index contributed by atoms with van der Waals surface area (Å²) in [5, 5.41) is 8.84. The lowest BCUT2D eigenvalue weighted by Crippen LogP contribution is -2.20. The lowest BCUT2D eigenvalue weighted by atomic mass is 10.1. The van der Waals surface area contributed by atoms with E-state index in [0.29, 0.717) is 5.69 Å². The predicted octanol–water partition coefficient (Wildman–Crippen LogP) is 2.16. The van der Waals surface area contributed by atoms with Gasteiger partial charge in [0.2, 0.25) is 0 Å². The van der Waals surface area contributed by atoms with Crippen LogP contribution in [0, 0.1) is 0 Å². The number of anilines is 2. The minimum Gasteiger partial charge on any atom is -0.478 e. The summed E-state index contributed by atoms with van der Waals surface area (Å²) in [6.45, 7) is 0.914. The molecule has 0 unspecified atom stereocenters. The molecule has 1 rings (SSSR count). The molecule has 1 aromatic carbocycles. The fourth-order valence-corrected chi connectivity index (χ4v) is 2.02. The number of carboxylic acid groups (broad SMARTS) is 1. The van der Waals surface area contributed by atoms with Crippen molar-refractivity contribution in [2.75, 3.05) is 36.2 Å². The third kappa shape index (κ3) is 3.85. The fraction of sp³-hybridized carbons (Fsp3) is 0.417. The van der Waals surface area contributed by atoms with Crippen molar-refractivity contribution < 1.29 is 9.90 Å². The quantitative estimate of drug-likeness (QED) is 0.601. The zero-order valence-electron chi connectivity index (χ0n) is 10.1. The maximum atomic E-state index is 10.8. The van der Waals surface area contributed by atoms with E-state index in [1.54, 1.807) is 12.1 Å². The molecule has 94 valence electrons. The van der Waals surface area contributed by atoms with Crippen molar-refractivity contribution in [2.45, 2.75) is 6.42 Å². The first kappa shape index (κ1) is 13.7. The number of nitrogen functional groups attached to an aromatic ring is 1. The molecule has 0 spiro atoms. The van der Waals surface area contributed by atoms with E-state index in [1.807, 2.05) is 18.8 Å². The summed E-state index contributed by atoms with van der Waals surface area (Å²) in [5.74, 6) is 0.158. The van der Waals surface area contributed by atoms with Gasteiger partial charge < -0.3 is 15.7 Å². The second-order valence-corrected chi connectivity index (χ2v) is 4.83. The van der Waals surface area contributed by atoms with Gasteiger partial charge in [-0.15, -0.1) is 0 Å². The van der Waals surface area contributed by atoms with Crippen molar-refractivity contribution in [3.63, 3.8) is 0 Å². The first-order valence-electron chi connectivity index (χ1n) is 5.39. The van der Waals surface area contributed by atoms with Gasteiger partial charge in [0, 0.05) is 13.6 Å². The van der Waals surface area contributed by atoms with Gasteiger partial charge in [0.1, 0.15) is 0 Å². The van der Waals surface area contributed by atoms with Crippen LogP contribution in [0.1, 0.15) is 16.8 Å². The summed E-state index contributed by atoms with van der Waals surface area (Å²) in [5.41, 5.74) is 7.48. The lowest BCUT2D eigenvalue weighted by molar-refractivity contribution is 0.0697. The standard InChI is InChI=1S/C12H18N2O2S/c1-14(6-3-7-17-2)11-5-4-9(12(15)16)8-10(11)13/h4-5,8H,3,6-7,13H2,1-2H3,(H,15,16). The number of nitrogens with zero attached hydrogens (tertiary/aromatic N) is 1. The molecular formula is C12H18N2O2S. The monoisotopic (exact) mass is 254 g/mol. The van der Waals surface area contributed by atoms with Crippen molar-refractivity contribution in [1.29, 1.82) is 0 Å². The van der Waals surface area contributed by atoms with Gasteiger partial charge in [-0.1, -0.05) is 0 Å². The third-order valence-electron chi connectivity index (χ3n) is 2.53. The van der Waals surface area contributed by atoms with Gasteiger partial charge >= 0.3 is 5.97 Å². The first-order chi connectivity index (χ1) is 8.06. The van der Waals surface area contributed by atoms with Crippen LogP contribution in [0.25, 0.3) is 0 Å². The van der Waals surface area contributed by atoms with Crippen molar-refractivity contribution in [1.82, 2.24) is 0 Å². The van der Waals surface area contributed by atoms with E-state index in [2.05, 4.69) is 11.2 Å². The highest BCUT2D eigenvalue weighted by atomic mass is 32.2. The van der Waals surface area contributed by atoms with Gasteiger partial charge in [0.05, 0.1) is 16.9 Å². The molecule has 3 N–H and O–H groups in total. The molecule has 1 aromatic rings. The van der Waals surface area contributed by atoms with E-state index in [0.717, 1.165) is 24.4 Å². The second-order valence-electron chi connectivity index (χ2n) is 3.85. The Labute approximate surface area is 106 Å². The summed E-state index contributed by atoms with van der Waals surface area (Å²) < 4.78 is 0. The average Bonchev–Trinajstić information content (AvgIpc) is 2.28. The van der Waals surface area contributed by atoms with Crippen LogP contribution in [0.4, 0.5) is 11.4 Å². The number of hydrogen-bond donors (Lipinski definition) is 2. The highest BCUT2D eigenvalue weighted by Crippen LogP contribution is 2.23. The molecule has 17 heavy (non-hydrogen) atoms. The molecule has 0 saturated heterocycles. The van der Waals surface area contributed by atoms with Crippen molar-refractivity contribution in [3.05, 3.63) is 23.8 Å². The summed E-state index contributed by atoms with van der Waals surface area (Å²) >= 11 is 1.81. The molecule has 0 aliphatic heterocycles. The largest absolute Gasteiger partial charge is 0.478 e. The van der Waals surface area contributed by atoms with E-state index in [-0.39, 0.29) is 5.56 Å². The van der Waals surface area contributed by atoms with Crippen LogP contribution in [0.5, 0.6) is 0 Å². The Hall–Kier alpha value is -1.36. The van der Waals surface area contributed by atoms with Gasteiger partial charge in [0.25, 0.3) is 0 Å². The molecule has 4 nitrogen and oxygen atoms in total. The molecule has 5 heteroatoms. The van der Waals surface area contributed by atoms with E-state index in [9.17, 15) is 4.79 Å². The number of thioether (sulfide) groups is 1. The van der Waals surface area contributed by atoms with Crippen LogP contribution in [-0.4, -0.2) is 36.7 Å². The molecule has 0 aliphatic rings. The molecule has 0 atom stereocenters. The molecular weight excluding hydrogens is 236 g/mol. The minimum absolute atomic E-state index is 0.226. The average molecular weight is 254 g/mol. The molecule has 0 aromatic heterocycles. The number of carboxylic acids is 1. The maximum Gasteiger partial charge on any atom is 0.335 e. The molecule has 0 fully saturated rings. The number of aromatic carboxylic acids is 1. The Morgan fingerprint density at radius 3 is 2.76 bits per heavy atom. The number of benzene rings is 1. The number of nitrogens with two attached hydrogens (primary N) is 1. The topological polar surface area (TPSA) is 66.6 Å². The van der Waals surface area contributed by atoms with E-state index >= 15 is 0 Å². The van der Waals surface area contributed by atoms with Crippen molar-refractivity contribution >= 4 is 29.1 Å². The zero-order valence-corrected chi connectivity index (χ0v) is 11.0. The highest BCUT2D eigenvalue weighted by Gasteiger charge is 2.09. The van der Waals surface area contributed by atoms with Crippen LogP contribution in [0.2, 0.25) is 0 Å². The summed E-state index contributed by atoms with van der Waals surface area (Å²) in [4.78, 5) is 12.8. The Morgan fingerprint density at radius 1 is 1.53 bits per heavy atom. The molecule has 0 amide bonds. The van der Waals surface area contributed by atoms with Gasteiger partial charge in [0.15, 0.2) is 0 Å². The van der Waals surface area contributed by atoms with E-state index < -0.39 is 5.97 Å². The van der Waals surface area contributed by atoms with Crippen LogP contribution in [0.15, 0.2) is 18.2 Å². The Morgan fingerprint density at radius 2 is 2.24 bits per heavy atom. The molecule has 0 bridgehead atoms. The second kappa shape index (κ2) is 6.39. The first-order valence-corrected chi connectivity index (χ1v) is 6.78. The smallest absolute Gasteiger partial charge is 0.335 e. The Balaban J connectivity index is 2.74. The molecule has 0 aliphatic carbocycles. The minimum atomic E-state index is -0.951. The van der Waals surface area contributed by atoms with Crippen LogP contribution in [0.3, 0.4) is 0 Å². The summed E-state index contributed by atoms with van der Waals surface area (Å²) in [7, 11) is 1.96. The number of hydrogen-bond acceptors (Lipinski definition) is 4. The van der Waals surface area contributed by atoms with Gasteiger partial charge in [-0.2, -0.15) is 11.8 Å². The van der Waals surface area contributed by atoms with E-state index in [4.69, 9.17) is 10.8 Å². The molecule has 0 saturated carbocycles. The van der Waals surface area contributed by atoms with Gasteiger partial charge in [-0.05, 0) is 36.6 Å². The zero-order chi connectivity index (χ0) is 12.8. The third-order valence-corrected chi connectivity index (χ3v) is 3.22. The normalized spacial score (nSPS) is 10.2. The number of carbonyl (C=O) groups is 1. The number of rotatable bonds is 6. The summed E-state index contributed by atoms with van der Waals surface area (Å²) in [6.07, 6.45) is 3.16. The Bertz CT molecular complexity index is 396. The SMILES string of the molecule is CSCCCN(C)c1ccc(C(=O)O)cc1N. The molecule has 0 heterocycles. The van der Waals surface area contributed by atoms with Crippen molar-refractivity contribution in [3.8, 4) is 0 Å². The predicted molar refractivity (Wildman–Crippen MR) is 74.1 cm³/mol. The van der Waals surface area contributed by atoms with Crippen LogP contribution in [-0.2, 0) is 0 Å². The Kier molecular flexibility index (Phi) is 5.15. The fourth-order valence-electron chi connectivity index (χ4n) is 1.60. The van der Waals surface area contributed by atoms with Crippen LogP contribution >= 0.6 is 11.8 Å². The van der Waals surface area contributed by atoms with E-state index in [1.165, 1.54) is 6.07 Å². The maximum absolute atomic E-state index is 10.8. The van der Waals surface area contributed by atoms with Crippen LogP contribution < -0.4 is 10.6 Å². The van der Waals surface area contributed by atoms with Crippen molar-refractivity contribution in [2.24, 2.45) is 0 Å². The summed E-state index contributed by atoms with van der Waals surface area (Å²) in [6, 6.07) is 4.85. The molecule has 0 radical (unpaired) electrons. The highest BCUT2D eigenvalue weighted by molar-refractivity contribution is 7.98. The lowest BCUT2D eigenvalue weighted by Gasteiger charge is -2.21. The van der Waals surface area contributed by atoms with Gasteiger partial charge in [-0.25, -0.2) is 4.79 Å². The van der Waals surface area contributed by atoms with Gasteiger partial charge in [-0.3, -0.25) is 0 Å².